The normalized spacial score (nSPS) is 18.2. The predicted octanol–water partition coefficient (Wildman–Crippen LogP) is 4.25. The van der Waals surface area contributed by atoms with Crippen LogP contribution in [0.25, 0.3) is 11.4 Å². The number of carbonyl (C=O) groups is 1. The first-order valence-electron chi connectivity index (χ1n) is 9.31. The summed E-state index contributed by atoms with van der Waals surface area (Å²) in [6.07, 6.45) is 2.17. The molecule has 1 N–H and O–H groups in total. The van der Waals surface area contributed by atoms with Crippen LogP contribution in [0.4, 0.5) is 11.6 Å². The summed E-state index contributed by atoms with van der Waals surface area (Å²) in [4.78, 5) is 29.0. The first-order valence-corrected chi connectivity index (χ1v) is 10.2. The van der Waals surface area contributed by atoms with E-state index in [1.807, 2.05) is 18.4 Å². The summed E-state index contributed by atoms with van der Waals surface area (Å²) in [5.41, 5.74) is 3.52. The zero-order valence-corrected chi connectivity index (χ0v) is 16.4. The minimum atomic E-state index is -0.434. The molecule has 1 atom stereocenters. The molecule has 0 fully saturated rings. The standard InChI is InChI=1S/C20H17N5O3S/c1-11-9-10-29-18(11)17-16-14(3-2-4-15(16)26)21-20-22-19(23-24(17)20)12-5-7-13(8-6-12)25(27)28/h5-10,17H,2-4H2,1H3,(H,21,22,23). The van der Waals surface area contributed by atoms with Gasteiger partial charge in [-0.15, -0.1) is 16.4 Å². The number of allylic oxidation sites excluding steroid dienone is 2. The topological polar surface area (TPSA) is 103 Å². The maximum atomic E-state index is 12.8. The van der Waals surface area contributed by atoms with E-state index in [4.69, 9.17) is 5.10 Å². The second-order valence-corrected chi connectivity index (χ2v) is 8.12. The zero-order valence-electron chi connectivity index (χ0n) is 15.6. The number of nitrogens with zero attached hydrogens (tertiary/aromatic N) is 4. The molecule has 0 bridgehead atoms. The molecule has 0 amide bonds. The highest BCUT2D eigenvalue weighted by Gasteiger charge is 2.38. The number of benzene rings is 1. The molecule has 5 rings (SSSR count). The third kappa shape index (κ3) is 2.85. The lowest BCUT2D eigenvalue weighted by molar-refractivity contribution is -0.384. The molecule has 8 nitrogen and oxygen atoms in total. The molecule has 1 aliphatic carbocycles. The maximum Gasteiger partial charge on any atom is 0.269 e. The molecule has 0 saturated carbocycles. The fraction of sp³-hybridized carbons (Fsp3) is 0.250. The van der Waals surface area contributed by atoms with Crippen LogP contribution in [-0.2, 0) is 4.79 Å². The van der Waals surface area contributed by atoms with Crippen LogP contribution in [0, 0.1) is 17.0 Å². The molecule has 0 saturated heterocycles. The third-order valence-corrected chi connectivity index (χ3v) is 6.43. The smallest absolute Gasteiger partial charge is 0.269 e. The van der Waals surface area contributed by atoms with Crippen LogP contribution in [0.5, 0.6) is 0 Å². The number of hydrogen-bond donors (Lipinski definition) is 1. The van der Waals surface area contributed by atoms with Gasteiger partial charge in [0.1, 0.15) is 6.04 Å². The number of rotatable bonds is 3. The van der Waals surface area contributed by atoms with E-state index < -0.39 is 4.92 Å². The Kier molecular flexibility index (Phi) is 4.06. The Morgan fingerprint density at radius 2 is 2.03 bits per heavy atom. The molecule has 3 aromatic rings. The Labute approximate surface area is 170 Å². The average molecular weight is 407 g/mol. The van der Waals surface area contributed by atoms with Gasteiger partial charge in [0.15, 0.2) is 11.6 Å². The van der Waals surface area contributed by atoms with Crippen molar-refractivity contribution in [2.24, 2.45) is 0 Å². The number of thiophene rings is 1. The van der Waals surface area contributed by atoms with Gasteiger partial charge in [-0.25, -0.2) is 4.68 Å². The van der Waals surface area contributed by atoms with Crippen molar-refractivity contribution in [2.45, 2.75) is 32.2 Å². The van der Waals surface area contributed by atoms with Crippen molar-refractivity contribution in [1.29, 1.82) is 0 Å². The quantitative estimate of drug-likeness (QED) is 0.514. The minimum Gasteiger partial charge on any atom is -0.328 e. The number of anilines is 1. The highest BCUT2D eigenvalue weighted by molar-refractivity contribution is 7.10. The van der Waals surface area contributed by atoms with Gasteiger partial charge in [0.2, 0.25) is 5.95 Å². The van der Waals surface area contributed by atoms with Crippen LogP contribution in [-0.4, -0.2) is 25.5 Å². The summed E-state index contributed by atoms with van der Waals surface area (Å²) in [5, 5.41) is 20.9. The zero-order chi connectivity index (χ0) is 20.1. The third-order valence-electron chi connectivity index (χ3n) is 5.35. The number of aromatic nitrogens is 3. The largest absolute Gasteiger partial charge is 0.328 e. The molecule has 1 unspecified atom stereocenters. The van der Waals surface area contributed by atoms with Crippen molar-refractivity contribution < 1.29 is 9.72 Å². The summed E-state index contributed by atoms with van der Waals surface area (Å²) < 4.78 is 1.78. The lowest BCUT2D eigenvalue weighted by Gasteiger charge is -2.31. The predicted molar refractivity (Wildman–Crippen MR) is 109 cm³/mol. The minimum absolute atomic E-state index is 0.0191. The molecule has 1 aromatic carbocycles. The van der Waals surface area contributed by atoms with E-state index in [0.29, 0.717) is 23.8 Å². The number of fused-ring (bicyclic) bond motifs is 1. The molecule has 29 heavy (non-hydrogen) atoms. The summed E-state index contributed by atoms with van der Waals surface area (Å²) >= 11 is 1.61. The number of aryl methyl sites for hydroxylation is 1. The van der Waals surface area contributed by atoms with Crippen molar-refractivity contribution in [1.82, 2.24) is 14.8 Å². The first-order chi connectivity index (χ1) is 14.0. The number of non-ortho nitro benzene ring substituents is 1. The lowest BCUT2D eigenvalue weighted by atomic mass is 9.87. The number of hydrogen-bond acceptors (Lipinski definition) is 7. The van der Waals surface area contributed by atoms with Crippen molar-refractivity contribution >= 4 is 28.8 Å². The van der Waals surface area contributed by atoms with Crippen LogP contribution < -0.4 is 5.32 Å². The molecule has 2 aliphatic rings. The van der Waals surface area contributed by atoms with Crippen LogP contribution in [0.15, 0.2) is 47.0 Å². The van der Waals surface area contributed by atoms with Gasteiger partial charge >= 0.3 is 0 Å². The second-order valence-electron chi connectivity index (χ2n) is 7.17. The van der Waals surface area contributed by atoms with Gasteiger partial charge in [-0.05, 0) is 48.9 Å². The van der Waals surface area contributed by atoms with Gasteiger partial charge in [-0.3, -0.25) is 14.9 Å². The number of ketones is 1. The van der Waals surface area contributed by atoms with E-state index in [1.165, 1.54) is 12.1 Å². The van der Waals surface area contributed by atoms with Crippen LogP contribution in [0.1, 0.15) is 35.7 Å². The van der Waals surface area contributed by atoms with E-state index in [9.17, 15) is 14.9 Å². The van der Waals surface area contributed by atoms with Crippen molar-refractivity contribution in [3.8, 4) is 11.4 Å². The fourth-order valence-corrected chi connectivity index (χ4v) is 4.94. The van der Waals surface area contributed by atoms with Gasteiger partial charge in [-0.2, -0.15) is 4.98 Å². The van der Waals surface area contributed by atoms with Gasteiger partial charge in [0.05, 0.1) is 4.92 Å². The Morgan fingerprint density at radius 3 is 2.72 bits per heavy atom. The first kappa shape index (κ1) is 17.7. The molecule has 0 radical (unpaired) electrons. The molecule has 1 aliphatic heterocycles. The van der Waals surface area contributed by atoms with Crippen molar-refractivity contribution in [2.75, 3.05) is 5.32 Å². The second kappa shape index (κ2) is 6.63. The van der Waals surface area contributed by atoms with E-state index in [1.54, 1.807) is 28.2 Å². The average Bonchev–Trinajstić information content (AvgIpc) is 3.32. The summed E-state index contributed by atoms with van der Waals surface area (Å²) in [6, 6.07) is 7.91. The highest BCUT2D eigenvalue weighted by atomic mass is 32.1. The van der Waals surface area contributed by atoms with Gasteiger partial charge in [0.25, 0.3) is 5.69 Å². The SMILES string of the molecule is Cc1ccsc1C1C2=C(CCCC2=O)Nc2nc(-c3ccc([N+](=O)[O-])cc3)nn21. The number of nitro benzene ring substituents is 1. The summed E-state index contributed by atoms with van der Waals surface area (Å²) in [6.45, 7) is 2.04. The Hall–Kier alpha value is -3.33. The molecule has 3 heterocycles. The molecule has 0 spiro atoms. The van der Waals surface area contributed by atoms with Gasteiger partial charge in [-0.1, -0.05) is 0 Å². The number of nitro groups is 1. The van der Waals surface area contributed by atoms with E-state index >= 15 is 0 Å². The monoisotopic (exact) mass is 407 g/mol. The van der Waals surface area contributed by atoms with E-state index in [-0.39, 0.29) is 17.5 Å². The van der Waals surface area contributed by atoms with Crippen molar-refractivity contribution in [3.63, 3.8) is 0 Å². The summed E-state index contributed by atoms with van der Waals surface area (Å²) in [5.74, 6) is 1.20. The molecule has 9 heteroatoms. The lowest BCUT2D eigenvalue weighted by Crippen LogP contribution is -2.31. The van der Waals surface area contributed by atoms with Crippen LogP contribution >= 0.6 is 11.3 Å². The van der Waals surface area contributed by atoms with Crippen molar-refractivity contribution in [3.05, 3.63) is 67.5 Å². The fourth-order valence-electron chi connectivity index (χ4n) is 3.92. The van der Waals surface area contributed by atoms with Gasteiger partial charge in [0, 0.05) is 40.3 Å². The van der Waals surface area contributed by atoms with E-state index in [0.717, 1.165) is 34.6 Å². The highest BCUT2D eigenvalue weighted by Crippen LogP contribution is 2.43. The maximum absolute atomic E-state index is 12.8. The molecule has 146 valence electrons. The Morgan fingerprint density at radius 1 is 1.24 bits per heavy atom. The Bertz CT molecular complexity index is 1180. The summed E-state index contributed by atoms with van der Waals surface area (Å²) in [7, 11) is 0. The number of nitrogens with one attached hydrogen (secondary N) is 1. The number of carbonyl (C=O) groups excluding carboxylic acids is 1. The van der Waals surface area contributed by atoms with E-state index in [2.05, 4.69) is 10.3 Å². The molecule has 2 aromatic heterocycles. The number of Topliss-reactive ketones (excluding diaryl/α,β-unsaturated/α-hetero) is 1. The Balaban J connectivity index is 1.63. The van der Waals surface area contributed by atoms with Crippen LogP contribution in [0.2, 0.25) is 0 Å². The molecular formula is C20H17N5O3S. The van der Waals surface area contributed by atoms with Gasteiger partial charge < -0.3 is 5.32 Å². The molecular weight excluding hydrogens is 390 g/mol. The van der Waals surface area contributed by atoms with Crippen LogP contribution in [0.3, 0.4) is 0 Å².